The van der Waals surface area contributed by atoms with Crippen molar-refractivity contribution in [3.63, 3.8) is 0 Å². The molecule has 1 unspecified atom stereocenters. The molecule has 4 rings (SSSR count). The largest absolute Gasteiger partial charge is 0.477 e. The summed E-state index contributed by atoms with van der Waals surface area (Å²) in [6.07, 6.45) is 1.58. The smallest absolute Gasteiger partial charge is 0.407 e. The molecule has 1 aliphatic carbocycles. The lowest BCUT2D eigenvalue weighted by Gasteiger charge is -2.19. The number of ether oxygens (including phenoxy) is 1. The van der Waals surface area contributed by atoms with Gasteiger partial charge >= 0.3 is 12.1 Å². The average molecular weight is 495 g/mol. The quantitative estimate of drug-likeness (QED) is 0.414. The van der Waals surface area contributed by atoms with Crippen molar-refractivity contribution in [3.8, 4) is 11.1 Å². The summed E-state index contributed by atoms with van der Waals surface area (Å²) >= 11 is 1.54. The zero-order valence-electron chi connectivity index (χ0n) is 19.4. The highest BCUT2D eigenvalue weighted by Crippen LogP contribution is 2.44. The Morgan fingerprint density at radius 1 is 1.11 bits per heavy atom. The molecule has 1 aliphatic rings. The van der Waals surface area contributed by atoms with Crippen LogP contribution in [0.25, 0.3) is 11.1 Å². The molecule has 0 aliphatic heterocycles. The molecule has 3 N–H and O–H groups in total. The number of benzene rings is 2. The highest BCUT2D eigenvalue weighted by molar-refractivity contribution is 7.98. The highest BCUT2D eigenvalue weighted by atomic mass is 32.2. The van der Waals surface area contributed by atoms with Crippen LogP contribution in [0.5, 0.6) is 0 Å². The van der Waals surface area contributed by atoms with Gasteiger partial charge in [0.15, 0.2) is 5.82 Å². The third-order valence-electron chi connectivity index (χ3n) is 5.91. The van der Waals surface area contributed by atoms with Gasteiger partial charge in [0.05, 0.1) is 0 Å². The molecule has 1 aromatic heterocycles. The van der Waals surface area contributed by atoms with Gasteiger partial charge in [-0.2, -0.15) is 16.9 Å². The van der Waals surface area contributed by atoms with E-state index in [-0.39, 0.29) is 24.0 Å². The van der Waals surface area contributed by atoms with Gasteiger partial charge < -0.3 is 20.5 Å². The zero-order chi connectivity index (χ0) is 24.9. The van der Waals surface area contributed by atoms with Crippen LogP contribution >= 0.6 is 11.8 Å². The van der Waals surface area contributed by atoms with Gasteiger partial charge in [-0.25, -0.2) is 9.59 Å². The van der Waals surface area contributed by atoms with Crippen molar-refractivity contribution in [3.05, 3.63) is 71.4 Å². The Bertz CT molecular complexity index is 1210. The van der Waals surface area contributed by atoms with Crippen molar-refractivity contribution < 1.29 is 24.2 Å². The normalized spacial score (nSPS) is 13.0. The van der Waals surface area contributed by atoms with Crippen molar-refractivity contribution in [1.29, 1.82) is 0 Å². The van der Waals surface area contributed by atoms with Gasteiger partial charge in [-0.05, 0) is 40.7 Å². The number of anilines is 1. The number of alkyl carbamates (subject to hydrolysis) is 1. The van der Waals surface area contributed by atoms with Crippen LogP contribution in [0.1, 0.15) is 34.0 Å². The number of nitrogens with one attached hydrogen (secondary N) is 2. The average Bonchev–Trinajstić information content (AvgIpc) is 3.37. The lowest BCUT2D eigenvalue weighted by atomic mass is 9.98. The number of nitrogens with zero attached hydrogens (tertiary/aromatic N) is 2. The van der Waals surface area contributed by atoms with Crippen LogP contribution in [0.3, 0.4) is 0 Å². The van der Waals surface area contributed by atoms with Gasteiger partial charge in [-0.1, -0.05) is 48.5 Å². The van der Waals surface area contributed by atoms with Crippen LogP contribution in [0.2, 0.25) is 0 Å². The van der Waals surface area contributed by atoms with Crippen molar-refractivity contribution in [1.82, 2.24) is 15.1 Å². The van der Waals surface area contributed by atoms with Crippen LogP contribution in [0.4, 0.5) is 10.6 Å². The molecule has 0 radical (unpaired) electrons. The fourth-order valence-electron chi connectivity index (χ4n) is 4.23. The fraction of sp³-hybridized carbons (Fsp3) is 0.280. The van der Waals surface area contributed by atoms with E-state index in [4.69, 9.17) is 4.74 Å². The third-order valence-corrected chi connectivity index (χ3v) is 6.56. The van der Waals surface area contributed by atoms with E-state index in [9.17, 15) is 19.5 Å². The Morgan fingerprint density at radius 3 is 2.31 bits per heavy atom. The number of hydrogen-bond donors (Lipinski definition) is 3. The molecule has 1 atom stereocenters. The first-order chi connectivity index (χ1) is 16.9. The monoisotopic (exact) mass is 494 g/mol. The molecule has 1 heterocycles. The van der Waals surface area contributed by atoms with E-state index in [2.05, 4.69) is 27.9 Å². The molecule has 0 saturated carbocycles. The van der Waals surface area contributed by atoms with Crippen molar-refractivity contribution in [2.45, 2.75) is 18.4 Å². The number of fused-ring (bicyclic) bond motifs is 3. The first kappa shape index (κ1) is 24.3. The number of carbonyl (C=O) groups excluding carboxylic acids is 2. The lowest BCUT2D eigenvalue weighted by Crippen LogP contribution is -2.44. The number of thioether (sulfide) groups is 1. The summed E-state index contributed by atoms with van der Waals surface area (Å²) in [5.41, 5.74) is 4.39. The van der Waals surface area contributed by atoms with E-state index in [1.807, 2.05) is 42.7 Å². The van der Waals surface area contributed by atoms with E-state index < -0.39 is 24.0 Å². The van der Waals surface area contributed by atoms with Crippen molar-refractivity contribution >= 4 is 35.5 Å². The number of aromatic carboxylic acids is 1. The third kappa shape index (κ3) is 5.32. The molecule has 2 aromatic carbocycles. The van der Waals surface area contributed by atoms with E-state index in [0.717, 1.165) is 26.9 Å². The number of hydrogen-bond acceptors (Lipinski definition) is 6. The molecule has 0 fully saturated rings. The van der Waals surface area contributed by atoms with Gasteiger partial charge in [-0.3, -0.25) is 9.48 Å². The molecule has 2 amide bonds. The maximum absolute atomic E-state index is 12.8. The van der Waals surface area contributed by atoms with E-state index >= 15 is 0 Å². The van der Waals surface area contributed by atoms with Crippen molar-refractivity contribution in [2.75, 3.05) is 23.9 Å². The van der Waals surface area contributed by atoms with Gasteiger partial charge in [0.1, 0.15) is 18.3 Å². The number of carboxylic acid groups (broad SMARTS) is 1. The number of aryl methyl sites for hydroxylation is 1. The summed E-state index contributed by atoms with van der Waals surface area (Å²) in [6, 6.07) is 16.5. The minimum Gasteiger partial charge on any atom is -0.477 e. The summed E-state index contributed by atoms with van der Waals surface area (Å²) in [4.78, 5) is 36.8. The minimum absolute atomic E-state index is 0.0644. The van der Waals surface area contributed by atoms with Gasteiger partial charge in [0.2, 0.25) is 5.91 Å². The molecule has 35 heavy (non-hydrogen) atoms. The molecule has 0 saturated heterocycles. The zero-order valence-corrected chi connectivity index (χ0v) is 20.2. The van der Waals surface area contributed by atoms with Gasteiger partial charge in [0, 0.05) is 19.0 Å². The topological polar surface area (TPSA) is 123 Å². The Kier molecular flexibility index (Phi) is 7.40. The van der Waals surface area contributed by atoms with Crippen LogP contribution < -0.4 is 10.6 Å². The van der Waals surface area contributed by atoms with Crippen LogP contribution in [0.15, 0.2) is 54.6 Å². The maximum Gasteiger partial charge on any atom is 0.407 e. The van der Waals surface area contributed by atoms with Gasteiger partial charge in [0.25, 0.3) is 0 Å². The molecule has 10 heteroatoms. The molecule has 0 bridgehead atoms. The lowest BCUT2D eigenvalue weighted by molar-refractivity contribution is -0.118. The van der Waals surface area contributed by atoms with Crippen molar-refractivity contribution in [2.24, 2.45) is 7.05 Å². The summed E-state index contributed by atoms with van der Waals surface area (Å²) in [5, 5.41) is 18.4. The molecule has 9 nitrogen and oxygen atoms in total. The number of aromatic nitrogens is 2. The summed E-state index contributed by atoms with van der Waals surface area (Å²) in [7, 11) is 1.47. The molecule has 0 spiro atoms. The maximum atomic E-state index is 12.8. The Balaban J connectivity index is 1.41. The van der Waals surface area contributed by atoms with Crippen LogP contribution in [-0.2, 0) is 16.6 Å². The Morgan fingerprint density at radius 2 is 1.74 bits per heavy atom. The van der Waals surface area contributed by atoms with E-state index in [0.29, 0.717) is 12.2 Å². The van der Waals surface area contributed by atoms with Gasteiger partial charge in [-0.15, -0.1) is 0 Å². The standard InChI is InChI=1S/C25H26N4O5S/c1-29-21(24(31)32)13-22(28-29)27-23(30)20(11-12-35-2)26-25(33)34-14-19-17-9-5-3-7-15(17)16-8-4-6-10-18(16)19/h3-10,13,19-20H,11-12,14H2,1-2H3,(H,26,33)(H,31,32)(H,27,28,30). The minimum atomic E-state index is -1.16. The fourth-order valence-corrected chi connectivity index (χ4v) is 4.70. The predicted octanol–water partition coefficient (Wildman–Crippen LogP) is 3.72. The first-order valence-electron chi connectivity index (χ1n) is 11.1. The Hall–Kier alpha value is -3.79. The van der Waals surface area contributed by atoms with Crippen LogP contribution in [-0.4, -0.2) is 57.5 Å². The van der Waals surface area contributed by atoms with E-state index in [1.54, 1.807) is 0 Å². The second-order valence-corrected chi connectivity index (χ2v) is 9.12. The molecular formula is C25H26N4O5S. The first-order valence-corrected chi connectivity index (χ1v) is 12.5. The second-order valence-electron chi connectivity index (χ2n) is 8.14. The number of carboxylic acids is 1. The predicted molar refractivity (Wildman–Crippen MR) is 134 cm³/mol. The molecular weight excluding hydrogens is 468 g/mol. The molecule has 182 valence electrons. The second kappa shape index (κ2) is 10.6. The summed E-state index contributed by atoms with van der Waals surface area (Å²) in [6.45, 7) is 0.138. The van der Waals surface area contributed by atoms with Crippen LogP contribution in [0, 0.1) is 0 Å². The SMILES string of the molecule is CSCCC(NC(=O)OCC1c2ccccc2-c2ccccc21)C(=O)Nc1cc(C(=O)O)n(C)n1. The number of carbonyl (C=O) groups is 3. The summed E-state index contributed by atoms with van der Waals surface area (Å²) < 4.78 is 6.73. The number of rotatable bonds is 9. The number of amides is 2. The molecule has 3 aromatic rings. The Labute approximate surface area is 206 Å². The summed E-state index contributed by atoms with van der Waals surface area (Å²) in [5.74, 6) is -1.02. The highest BCUT2D eigenvalue weighted by Gasteiger charge is 2.30. The van der Waals surface area contributed by atoms with E-state index in [1.165, 1.54) is 24.9 Å².